The van der Waals surface area contributed by atoms with Gasteiger partial charge in [-0.25, -0.2) is 4.79 Å². The standard InChI is InChI=1S/C16H13ClN2O3S2/c1-3-22-16(21)13-9(2)12(23-8-18)15(24-13)19-14(20)10-6-4-5-7-11(10)17/h4-7H,3H2,1-2H3,(H,19,20). The molecule has 1 aromatic carbocycles. The molecule has 0 unspecified atom stereocenters. The van der Waals surface area contributed by atoms with Crippen LogP contribution in [0.5, 0.6) is 0 Å². The van der Waals surface area contributed by atoms with Crippen molar-refractivity contribution in [2.45, 2.75) is 18.7 Å². The number of thiocyanates is 1. The molecule has 1 heterocycles. The van der Waals surface area contributed by atoms with E-state index in [4.69, 9.17) is 21.6 Å². The number of anilines is 1. The van der Waals surface area contributed by atoms with Crippen molar-refractivity contribution in [1.82, 2.24) is 0 Å². The fourth-order valence-electron chi connectivity index (χ4n) is 1.96. The Morgan fingerprint density at radius 1 is 1.42 bits per heavy atom. The van der Waals surface area contributed by atoms with Crippen molar-refractivity contribution in [3.05, 3.63) is 45.3 Å². The van der Waals surface area contributed by atoms with Gasteiger partial charge >= 0.3 is 5.97 Å². The van der Waals surface area contributed by atoms with Crippen LogP contribution in [0.25, 0.3) is 0 Å². The number of hydrogen-bond donors (Lipinski definition) is 1. The number of esters is 1. The third-order valence-electron chi connectivity index (χ3n) is 3.05. The lowest BCUT2D eigenvalue weighted by atomic mass is 10.2. The van der Waals surface area contributed by atoms with Crippen LogP contribution >= 0.6 is 34.7 Å². The van der Waals surface area contributed by atoms with Crippen molar-refractivity contribution in [1.29, 1.82) is 5.26 Å². The van der Waals surface area contributed by atoms with Gasteiger partial charge in [0.25, 0.3) is 5.91 Å². The Labute approximate surface area is 152 Å². The van der Waals surface area contributed by atoms with E-state index in [1.807, 2.05) is 5.40 Å². The summed E-state index contributed by atoms with van der Waals surface area (Å²) in [5.74, 6) is -0.880. The fourth-order valence-corrected chi connectivity index (χ4v) is 3.97. The second-order valence-corrected chi connectivity index (χ2v) is 6.78. The Balaban J connectivity index is 2.37. The van der Waals surface area contributed by atoms with E-state index in [0.29, 0.717) is 30.9 Å². The minimum Gasteiger partial charge on any atom is -0.462 e. The average Bonchev–Trinajstić information content (AvgIpc) is 2.85. The molecule has 0 saturated carbocycles. The second kappa shape index (κ2) is 8.20. The van der Waals surface area contributed by atoms with Crippen LogP contribution in [0.4, 0.5) is 5.00 Å². The molecule has 0 atom stereocenters. The molecule has 0 bridgehead atoms. The molecule has 0 aliphatic carbocycles. The van der Waals surface area contributed by atoms with Crippen LogP contribution in [0.15, 0.2) is 29.2 Å². The third kappa shape index (κ3) is 3.90. The Morgan fingerprint density at radius 2 is 2.12 bits per heavy atom. The second-order valence-electron chi connectivity index (χ2n) is 4.56. The minimum absolute atomic E-state index is 0.248. The first-order chi connectivity index (χ1) is 11.5. The lowest BCUT2D eigenvalue weighted by molar-refractivity contribution is 0.0531. The first-order valence-corrected chi connectivity index (χ1v) is 8.93. The number of halogens is 1. The normalized spacial score (nSPS) is 10.1. The number of thiophene rings is 1. The molecule has 1 aromatic heterocycles. The number of carbonyl (C=O) groups excluding carboxylic acids is 2. The lowest BCUT2D eigenvalue weighted by Crippen LogP contribution is -2.11. The maximum atomic E-state index is 12.4. The molecule has 2 aromatic rings. The summed E-state index contributed by atoms with van der Waals surface area (Å²) >= 11 is 7.99. The van der Waals surface area contributed by atoms with E-state index in [1.54, 1.807) is 38.1 Å². The van der Waals surface area contributed by atoms with E-state index >= 15 is 0 Å². The van der Waals surface area contributed by atoms with Crippen molar-refractivity contribution in [2.24, 2.45) is 0 Å². The zero-order valence-electron chi connectivity index (χ0n) is 12.9. The number of nitrogens with zero attached hydrogens (tertiary/aromatic N) is 1. The molecule has 2 rings (SSSR count). The monoisotopic (exact) mass is 380 g/mol. The van der Waals surface area contributed by atoms with Gasteiger partial charge < -0.3 is 10.1 Å². The molecule has 5 nitrogen and oxygen atoms in total. The van der Waals surface area contributed by atoms with Gasteiger partial charge in [-0.2, -0.15) is 5.26 Å². The number of nitrogens with one attached hydrogen (secondary N) is 1. The summed E-state index contributed by atoms with van der Waals surface area (Å²) in [4.78, 5) is 25.3. The van der Waals surface area contributed by atoms with Crippen LogP contribution < -0.4 is 5.32 Å². The predicted molar refractivity (Wildman–Crippen MR) is 95.9 cm³/mol. The Bertz CT molecular complexity index is 827. The first kappa shape index (κ1) is 18.3. The molecular formula is C16H13ClN2O3S2. The number of thioether (sulfide) groups is 1. The molecule has 0 radical (unpaired) electrons. The molecule has 124 valence electrons. The zero-order chi connectivity index (χ0) is 17.7. The summed E-state index contributed by atoms with van der Waals surface area (Å²) in [5, 5.41) is 14.4. The van der Waals surface area contributed by atoms with Gasteiger partial charge in [0.05, 0.1) is 22.1 Å². The molecule has 0 aliphatic rings. The quantitative estimate of drug-likeness (QED) is 0.461. The maximum absolute atomic E-state index is 12.4. The van der Waals surface area contributed by atoms with Gasteiger partial charge in [0.1, 0.15) is 15.3 Å². The van der Waals surface area contributed by atoms with Gasteiger partial charge in [0.2, 0.25) is 0 Å². The van der Waals surface area contributed by atoms with Gasteiger partial charge in [0.15, 0.2) is 0 Å². The van der Waals surface area contributed by atoms with Gasteiger partial charge in [-0.3, -0.25) is 4.79 Å². The minimum atomic E-state index is -0.474. The van der Waals surface area contributed by atoms with Crippen LogP contribution in [0.2, 0.25) is 5.02 Å². The molecule has 8 heteroatoms. The highest BCUT2D eigenvalue weighted by molar-refractivity contribution is 8.04. The Kier molecular flexibility index (Phi) is 6.26. The maximum Gasteiger partial charge on any atom is 0.348 e. The highest BCUT2D eigenvalue weighted by Gasteiger charge is 2.23. The van der Waals surface area contributed by atoms with Gasteiger partial charge in [-0.1, -0.05) is 23.7 Å². The summed E-state index contributed by atoms with van der Waals surface area (Å²) in [7, 11) is 0. The average molecular weight is 381 g/mol. The summed E-state index contributed by atoms with van der Waals surface area (Å²) < 4.78 is 5.01. The van der Waals surface area contributed by atoms with E-state index in [9.17, 15) is 9.59 Å². The van der Waals surface area contributed by atoms with Gasteiger partial charge in [-0.15, -0.1) is 11.3 Å². The van der Waals surface area contributed by atoms with E-state index in [0.717, 1.165) is 23.1 Å². The number of nitriles is 1. The smallest absolute Gasteiger partial charge is 0.348 e. The SMILES string of the molecule is CCOC(=O)c1sc(NC(=O)c2ccccc2Cl)c(SC#N)c1C. The highest BCUT2D eigenvalue weighted by Crippen LogP contribution is 2.40. The topological polar surface area (TPSA) is 79.2 Å². The van der Waals surface area contributed by atoms with E-state index in [1.165, 1.54) is 0 Å². The Hall–Kier alpha value is -2.01. The van der Waals surface area contributed by atoms with Crippen molar-refractivity contribution in [3.63, 3.8) is 0 Å². The van der Waals surface area contributed by atoms with Gasteiger partial charge in [0, 0.05) is 0 Å². The van der Waals surface area contributed by atoms with Crippen LogP contribution in [-0.2, 0) is 4.74 Å². The summed E-state index contributed by atoms with van der Waals surface area (Å²) in [5.41, 5.74) is 0.926. The Morgan fingerprint density at radius 3 is 2.75 bits per heavy atom. The molecule has 0 aliphatic heterocycles. The van der Waals surface area contributed by atoms with Crippen molar-refractivity contribution in [2.75, 3.05) is 11.9 Å². The van der Waals surface area contributed by atoms with Gasteiger partial charge in [-0.05, 0) is 43.3 Å². The number of ether oxygens (including phenoxy) is 1. The van der Waals surface area contributed by atoms with E-state index in [2.05, 4.69) is 5.32 Å². The number of rotatable bonds is 5. The molecule has 24 heavy (non-hydrogen) atoms. The molecule has 1 amide bonds. The van der Waals surface area contributed by atoms with Crippen LogP contribution in [0.3, 0.4) is 0 Å². The van der Waals surface area contributed by atoms with Crippen LogP contribution in [-0.4, -0.2) is 18.5 Å². The zero-order valence-corrected chi connectivity index (χ0v) is 15.3. The van der Waals surface area contributed by atoms with Crippen LogP contribution in [0.1, 0.15) is 32.5 Å². The fraction of sp³-hybridized carbons (Fsp3) is 0.188. The summed E-state index contributed by atoms with van der Waals surface area (Å²) in [6.45, 7) is 3.68. The molecule has 1 N–H and O–H groups in total. The molecule has 0 spiro atoms. The summed E-state index contributed by atoms with van der Waals surface area (Å²) in [6, 6.07) is 6.65. The molecule has 0 fully saturated rings. The number of hydrogen-bond acceptors (Lipinski definition) is 6. The van der Waals surface area contributed by atoms with Crippen molar-refractivity contribution >= 4 is 51.6 Å². The number of amides is 1. The van der Waals surface area contributed by atoms with E-state index in [-0.39, 0.29) is 6.61 Å². The largest absolute Gasteiger partial charge is 0.462 e. The number of benzene rings is 1. The first-order valence-electron chi connectivity index (χ1n) is 6.91. The molecule has 0 saturated heterocycles. The lowest BCUT2D eigenvalue weighted by Gasteiger charge is -2.06. The number of carbonyl (C=O) groups is 2. The van der Waals surface area contributed by atoms with Crippen molar-refractivity contribution < 1.29 is 14.3 Å². The van der Waals surface area contributed by atoms with E-state index < -0.39 is 11.9 Å². The van der Waals surface area contributed by atoms with Crippen LogP contribution in [0, 0.1) is 17.6 Å². The predicted octanol–water partition coefficient (Wildman–Crippen LogP) is 4.71. The van der Waals surface area contributed by atoms with Crippen molar-refractivity contribution in [3.8, 4) is 5.40 Å². The molecular weight excluding hydrogens is 368 g/mol. The third-order valence-corrected chi connectivity index (χ3v) is 5.50. The highest BCUT2D eigenvalue weighted by atomic mass is 35.5. The summed E-state index contributed by atoms with van der Waals surface area (Å²) in [6.07, 6.45) is 0.